The minimum atomic E-state index is -1.03. The lowest BCUT2D eigenvalue weighted by Gasteiger charge is -2.30. The number of carboxylic acid groups (broad SMARTS) is 1. The summed E-state index contributed by atoms with van der Waals surface area (Å²) in [6.07, 6.45) is 10.0. The van der Waals surface area contributed by atoms with Crippen molar-refractivity contribution in [1.82, 2.24) is 0 Å². The number of rotatable bonds is 3. The molecule has 0 bridgehead atoms. The molecule has 1 aromatic carbocycles. The molecule has 1 N–H and O–H groups in total. The summed E-state index contributed by atoms with van der Waals surface area (Å²) in [5.74, 6) is -0.472. The number of nitrogens with zero attached hydrogens (tertiary/aromatic N) is 1. The Labute approximate surface area is 140 Å². The number of ether oxygens (including phenoxy) is 1. The van der Waals surface area contributed by atoms with Crippen LogP contribution in [-0.2, 0) is 22.4 Å². The van der Waals surface area contributed by atoms with Gasteiger partial charge in [-0.15, -0.1) is 0 Å². The lowest BCUT2D eigenvalue weighted by Crippen LogP contribution is -2.37. The van der Waals surface area contributed by atoms with E-state index in [1.807, 2.05) is 12.1 Å². The SMILES string of the molecule is CC(/C=C/C(=O)N1CCOc2cc3c(cc21)CC=CC3)=C\C(=O)O. The van der Waals surface area contributed by atoms with Crippen LogP contribution >= 0.6 is 0 Å². The molecule has 0 aromatic heterocycles. The maximum Gasteiger partial charge on any atom is 0.328 e. The van der Waals surface area contributed by atoms with Gasteiger partial charge >= 0.3 is 5.97 Å². The quantitative estimate of drug-likeness (QED) is 0.527. The van der Waals surface area contributed by atoms with Crippen molar-refractivity contribution in [2.24, 2.45) is 0 Å². The van der Waals surface area contributed by atoms with Crippen LogP contribution in [0.1, 0.15) is 18.1 Å². The first-order valence-corrected chi connectivity index (χ1v) is 7.89. The Bertz CT molecular complexity index is 774. The molecule has 0 unspecified atom stereocenters. The standard InChI is InChI=1S/C19H19NO4/c1-13(10-19(22)23)6-7-18(21)20-8-9-24-17-12-15-5-3-2-4-14(15)11-16(17)20/h2-3,6-7,10-12H,4-5,8-9H2,1H3,(H,22,23)/b7-6+,13-10+. The molecule has 124 valence electrons. The topological polar surface area (TPSA) is 66.8 Å². The first-order chi connectivity index (χ1) is 11.5. The molecule has 1 aromatic rings. The molecular weight excluding hydrogens is 306 g/mol. The summed E-state index contributed by atoms with van der Waals surface area (Å²) in [5, 5.41) is 8.71. The highest BCUT2D eigenvalue weighted by Crippen LogP contribution is 2.36. The Kier molecular flexibility index (Phi) is 4.51. The molecule has 0 atom stereocenters. The van der Waals surface area contributed by atoms with E-state index in [0.29, 0.717) is 18.7 Å². The number of amides is 1. The van der Waals surface area contributed by atoms with Gasteiger partial charge in [-0.25, -0.2) is 4.79 Å². The molecule has 3 rings (SSSR count). The van der Waals surface area contributed by atoms with Crippen LogP contribution in [0.2, 0.25) is 0 Å². The number of fused-ring (bicyclic) bond motifs is 2. The molecule has 24 heavy (non-hydrogen) atoms. The monoisotopic (exact) mass is 325 g/mol. The van der Waals surface area contributed by atoms with Gasteiger partial charge in [0.25, 0.3) is 5.91 Å². The number of allylic oxidation sites excluding steroid dienone is 4. The Hall–Kier alpha value is -2.82. The van der Waals surface area contributed by atoms with Gasteiger partial charge < -0.3 is 14.7 Å². The van der Waals surface area contributed by atoms with Crippen molar-refractivity contribution in [2.45, 2.75) is 19.8 Å². The molecule has 0 radical (unpaired) electrons. The Morgan fingerprint density at radius 2 is 1.88 bits per heavy atom. The summed E-state index contributed by atoms with van der Waals surface area (Å²) in [6, 6.07) is 4.05. The van der Waals surface area contributed by atoms with Crippen LogP contribution < -0.4 is 9.64 Å². The molecule has 5 nitrogen and oxygen atoms in total. The maximum absolute atomic E-state index is 12.5. The van der Waals surface area contributed by atoms with Crippen LogP contribution in [-0.4, -0.2) is 30.1 Å². The highest BCUT2D eigenvalue weighted by atomic mass is 16.5. The zero-order chi connectivity index (χ0) is 17.1. The van der Waals surface area contributed by atoms with Gasteiger partial charge in [0, 0.05) is 12.2 Å². The number of hydrogen-bond donors (Lipinski definition) is 1. The van der Waals surface area contributed by atoms with Crippen molar-refractivity contribution in [1.29, 1.82) is 0 Å². The first-order valence-electron chi connectivity index (χ1n) is 7.89. The van der Waals surface area contributed by atoms with Gasteiger partial charge in [-0.3, -0.25) is 4.79 Å². The predicted octanol–water partition coefficient (Wildman–Crippen LogP) is 2.65. The fraction of sp³-hybridized carbons (Fsp3) is 0.263. The average Bonchev–Trinajstić information content (AvgIpc) is 2.56. The molecule has 0 saturated heterocycles. The molecule has 0 saturated carbocycles. The minimum absolute atomic E-state index is 0.177. The van der Waals surface area contributed by atoms with Crippen molar-refractivity contribution in [2.75, 3.05) is 18.1 Å². The van der Waals surface area contributed by atoms with E-state index in [1.54, 1.807) is 11.8 Å². The second-order valence-corrected chi connectivity index (χ2v) is 5.87. The van der Waals surface area contributed by atoms with Crippen molar-refractivity contribution in [3.8, 4) is 5.75 Å². The normalized spacial score (nSPS) is 16.5. The van der Waals surface area contributed by atoms with Gasteiger partial charge in [0.05, 0.1) is 12.2 Å². The van der Waals surface area contributed by atoms with E-state index in [-0.39, 0.29) is 5.91 Å². The van der Waals surface area contributed by atoms with Crippen LogP contribution in [0.15, 0.2) is 48.1 Å². The Morgan fingerprint density at radius 3 is 2.58 bits per heavy atom. The molecule has 5 heteroatoms. The van der Waals surface area contributed by atoms with Gasteiger partial charge in [-0.05, 0) is 48.6 Å². The lowest BCUT2D eigenvalue weighted by molar-refractivity contribution is -0.131. The third-order valence-corrected chi connectivity index (χ3v) is 4.09. The summed E-state index contributed by atoms with van der Waals surface area (Å²) in [5.41, 5.74) is 3.75. The third-order valence-electron chi connectivity index (χ3n) is 4.09. The number of aliphatic carboxylic acids is 1. The van der Waals surface area contributed by atoms with Crippen LogP contribution in [0, 0.1) is 0 Å². The number of anilines is 1. The number of carbonyl (C=O) groups excluding carboxylic acids is 1. The van der Waals surface area contributed by atoms with E-state index < -0.39 is 5.97 Å². The van der Waals surface area contributed by atoms with Crippen LogP contribution in [0.25, 0.3) is 0 Å². The number of carboxylic acids is 1. The highest BCUT2D eigenvalue weighted by molar-refractivity contribution is 6.03. The Balaban J connectivity index is 1.85. The summed E-state index contributed by atoms with van der Waals surface area (Å²) < 4.78 is 5.72. The molecule has 1 amide bonds. The lowest BCUT2D eigenvalue weighted by atomic mass is 9.95. The third kappa shape index (κ3) is 3.40. The molecule has 2 aliphatic rings. The van der Waals surface area contributed by atoms with Gasteiger partial charge in [0.1, 0.15) is 12.4 Å². The van der Waals surface area contributed by atoms with Crippen molar-refractivity contribution < 1.29 is 19.4 Å². The van der Waals surface area contributed by atoms with E-state index in [4.69, 9.17) is 9.84 Å². The fourth-order valence-corrected chi connectivity index (χ4v) is 2.91. The first kappa shape index (κ1) is 16.1. The van der Waals surface area contributed by atoms with Crippen molar-refractivity contribution in [3.63, 3.8) is 0 Å². The fourth-order valence-electron chi connectivity index (χ4n) is 2.91. The molecule has 1 aliphatic heterocycles. The van der Waals surface area contributed by atoms with Gasteiger partial charge in [-0.2, -0.15) is 0 Å². The zero-order valence-corrected chi connectivity index (χ0v) is 13.5. The maximum atomic E-state index is 12.5. The molecule has 0 spiro atoms. The summed E-state index contributed by atoms with van der Waals surface area (Å²) in [6.45, 7) is 2.57. The molecule has 0 fully saturated rings. The molecule has 1 heterocycles. The van der Waals surface area contributed by atoms with Crippen molar-refractivity contribution >= 4 is 17.6 Å². The number of carbonyl (C=O) groups is 2. The number of benzene rings is 1. The van der Waals surface area contributed by atoms with E-state index in [1.165, 1.54) is 23.3 Å². The molecule has 1 aliphatic carbocycles. The summed E-state index contributed by atoms with van der Waals surface area (Å²) >= 11 is 0. The van der Waals surface area contributed by atoms with E-state index in [2.05, 4.69) is 12.2 Å². The smallest absolute Gasteiger partial charge is 0.328 e. The van der Waals surface area contributed by atoms with Crippen molar-refractivity contribution in [3.05, 3.63) is 59.2 Å². The second kappa shape index (κ2) is 6.74. The summed E-state index contributed by atoms with van der Waals surface area (Å²) in [4.78, 5) is 24.8. The molecular formula is C19H19NO4. The van der Waals surface area contributed by atoms with E-state index >= 15 is 0 Å². The van der Waals surface area contributed by atoms with E-state index in [0.717, 1.165) is 30.4 Å². The van der Waals surface area contributed by atoms with Crippen LogP contribution in [0.5, 0.6) is 5.75 Å². The largest absolute Gasteiger partial charge is 0.490 e. The van der Waals surface area contributed by atoms with Gasteiger partial charge in [0.15, 0.2) is 0 Å². The van der Waals surface area contributed by atoms with Crippen LogP contribution in [0.4, 0.5) is 5.69 Å². The van der Waals surface area contributed by atoms with E-state index in [9.17, 15) is 9.59 Å². The highest BCUT2D eigenvalue weighted by Gasteiger charge is 2.24. The Morgan fingerprint density at radius 1 is 1.17 bits per heavy atom. The van der Waals surface area contributed by atoms with Gasteiger partial charge in [0.2, 0.25) is 0 Å². The summed E-state index contributed by atoms with van der Waals surface area (Å²) in [7, 11) is 0. The average molecular weight is 325 g/mol. The zero-order valence-electron chi connectivity index (χ0n) is 13.5. The minimum Gasteiger partial charge on any atom is -0.490 e. The predicted molar refractivity (Wildman–Crippen MR) is 91.4 cm³/mol. The van der Waals surface area contributed by atoms with Crippen LogP contribution in [0.3, 0.4) is 0 Å². The number of hydrogen-bond acceptors (Lipinski definition) is 3. The van der Waals surface area contributed by atoms with Gasteiger partial charge in [-0.1, -0.05) is 18.2 Å². The second-order valence-electron chi connectivity index (χ2n) is 5.87.